The SMILES string of the molecule is CC1(C)c2ccccc2-c2c1ccc1c2-c2ccc(-c3cc(-c4c5ccccc5c(-c5ccccc5)c5ccccc45)c4ccccc4c3)cc2C1(C)C. The topological polar surface area (TPSA) is 0 Å². The molecule has 0 N–H and O–H groups in total. The number of rotatable bonds is 3. The highest BCUT2D eigenvalue weighted by Crippen LogP contribution is 2.59. The smallest absolute Gasteiger partial charge is 0.0159 e. The van der Waals surface area contributed by atoms with E-state index >= 15 is 0 Å². The molecule has 0 unspecified atom stereocenters. The van der Waals surface area contributed by atoms with Gasteiger partial charge in [0.15, 0.2) is 0 Å². The molecule has 0 atom stereocenters. The average molecular weight is 689 g/mol. The van der Waals surface area contributed by atoms with Crippen molar-refractivity contribution in [1.82, 2.24) is 0 Å². The summed E-state index contributed by atoms with van der Waals surface area (Å²) in [5.74, 6) is 0. The van der Waals surface area contributed by atoms with Crippen molar-refractivity contribution in [3.8, 4) is 55.6 Å². The van der Waals surface area contributed by atoms with Crippen LogP contribution in [0.2, 0.25) is 0 Å². The summed E-state index contributed by atoms with van der Waals surface area (Å²) in [7, 11) is 0. The van der Waals surface area contributed by atoms with Crippen LogP contribution in [0.1, 0.15) is 49.9 Å². The Morgan fingerprint density at radius 3 is 1.46 bits per heavy atom. The lowest BCUT2D eigenvalue weighted by atomic mass is 9.79. The van der Waals surface area contributed by atoms with Gasteiger partial charge in [0.25, 0.3) is 0 Å². The first-order valence-electron chi connectivity index (χ1n) is 19.3. The minimum atomic E-state index is -0.128. The molecular formula is C54H40. The molecule has 2 aliphatic carbocycles. The first-order valence-corrected chi connectivity index (χ1v) is 19.3. The molecule has 0 nitrogen and oxygen atoms in total. The third kappa shape index (κ3) is 4.20. The third-order valence-electron chi connectivity index (χ3n) is 12.8. The van der Waals surface area contributed by atoms with Crippen molar-refractivity contribution in [2.45, 2.75) is 38.5 Å². The van der Waals surface area contributed by atoms with Crippen LogP contribution in [0.3, 0.4) is 0 Å². The zero-order chi connectivity index (χ0) is 36.3. The van der Waals surface area contributed by atoms with E-state index in [1.54, 1.807) is 0 Å². The van der Waals surface area contributed by atoms with Crippen molar-refractivity contribution in [1.29, 1.82) is 0 Å². The van der Waals surface area contributed by atoms with Crippen molar-refractivity contribution in [2.75, 3.05) is 0 Å². The van der Waals surface area contributed by atoms with Gasteiger partial charge in [-0.2, -0.15) is 0 Å². The van der Waals surface area contributed by atoms with Crippen molar-refractivity contribution in [3.05, 3.63) is 192 Å². The van der Waals surface area contributed by atoms with Crippen molar-refractivity contribution < 1.29 is 0 Å². The lowest BCUT2D eigenvalue weighted by Gasteiger charge is -2.24. The third-order valence-corrected chi connectivity index (χ3v) is 12.8. The summed E-state index contributed by atoms with van der Waals surface area (Å²) in [6, 6.07) is 63.8. The second-order valence-electron chi connectivity index (χ2n) is 16.4. The maximum atomic E-state index is 2.50. The van der Waals surface area contributed by atoms with Crippen LogP contribution >= 0.6 is 0 Å². The lowest BCUT2D eigenvalue weighted by Crippen LogP contribution is -2.17. The molecule has 9 aromatic rings. The number of hydrogen-bond acceptors (Lipinski definition) is 0. The molecule has 0 fully saturated rings. The van der Waals surface area contributed by atoms with Gasteiger partial charge in [-0.05, 0) is 128 Å². The molecule has 0 aliphatic heterocycles. The quantitative estimate of drug-likeness (QED) is 0.162. The van der Waals surface area contributed by atoms with Crippen molar-refractivity contribution in [3.63, 3.8) is 0 Å². The van der Waals surface area contributed by atoms with E-state index in [1.165, 1.54) is 110 Å². The van der Waals surface area contributed by atoms with Crippen molar-refractivity contribution in [2.24, 2.45) is 0 Å². The molecule has 0 heterocycles. The zero-order valence-electron chi connectivity index (χ0n) is 31.2. The van der Waals surface area contributed by atoms with Gasteiger partial charge in [0.1, 0.15) is 0 Å². The Kier molecular flexibility index (Phi) is 6.46. The molecule has 0 bridgehead atoms. The molecule has 256 valence electrons. The molecule has 54 heavy (non-hydrogen) atoms. The largest absolute Gasteiger partial charge is 0.0622 e. The van der Waals surface area contributed by atoms with Crippen LogP contribution < -0.4 is 0 Å². The first-order chi connectivity index (χ1) is 26.3. The van der Waals surface area contributed by atoms with Crippen LogP contribution in [-0.2, 0) is 10.8 Å². The summed E-state index contributed by atoms with van der Waals surface area (Å²) in [5, 5.41) is 7.64. The lowest BCUT2D eigenvalue weighted by molar-refractivity contribution is 0.651. The fourth-order valence-electron chi connectivity index (χ4n) is 10.2. The van der Waals surface area contributed by atoms with E-state index in [9.17, 15) is 0 Å². The molecule has 0 saturated carbocycles. The Hall–Kier alpha value is -6.24. The second kappa shape index (κ2) is 11.1. The number of fused-ring (bicyclic) bond motifs is 10. The molecule has 11 rings (SSSR count). The summed E-state index contributed by atoms with van der Waals surface area (Å²) in [6.07, 6.45) is 0. The van der Waals surface area contributed by atoms with Gasteiger partial charge in [-0.15, -0.1) is 0 Å². The maximum absolute atomic E-state index is 2.50. The van der Waals surface area contributed by atoms with Crippen LogP contribution in [0.25, 0.3) is 88.0 Å². The Bertz CT molecular complexity index is 2970. The first kappa shape index (κ1) is 31.3. The van der Waals surface area contributed by atoms with Gasteiger partial charge in [-0.1, -0.05) is 179 Å². The fourth-order valence-corrected chi connectivity index (χ4v) is 10.2. The predicted octanol–water partition coefficient (Wildman–Crippen LogP) is 14.8. The summed E-state index contributed by atoms with van der Waals surface area (Å²) in [6.45, 7) is 9.59. The normalized spacial score (nSPS) is 14.6. The van der Waals surface area contributed by atoms with Crippen LogP contribution in [0.5, 0.6) is 0 Å². The fraction of sp³-hybridized carbons (Fsp3) is 0.111. The molecule has 0 amide bonds. The van der Waals surface area contributed by atoms with Crippen LogP contribution in [-0.4, -0.2) is 0 Å². The Morgan fingerprint density at radius 1 is 0.278 bits per heavy atom. The number of benzene rings is 9. The predicted molar refractivity (Wildman–Crippen MR) is 230 cm³/mol. The molecule has 0 saturated heterocycles. The van der Waals surface area contributed by atoms with E-state index in [0.29, 0.717) is 0 Å². The molecular weight excluding hydrogens is 649 g/mol. The van der Waals surface area contributed by atoms with Gasteiger partial charge in [0.2, 0.25) is 0 Å². The standard InChI is InChI=1S/C54H40/c1-53(2)45-25-15-14-24-42(45)51-46(53)28-29-47-52(51)43-27-26-34(32-48(43)54(47,3)4)36-30-35-18-8-9-19-37(35)44(31-36)50-40-22-12-10-20-38(40)49(33-16-6-5-7-17-33)39-21-11-13-23-41(39)50/h5-32H,1-4H3. The highest BCUT2D eigenvalue weighted by Gasteiger charge is 2.43. The maximum Gasteiger partial charge on any atom is 0.0159 e. The van der Waals surface area contributed by atoms with Crippen LogP contribution in [0.4, 0.5) is 0 Å². The van der Waals surface area contributed by atoms with E-state index in [1.807, 2.05) is 0 Å². The molecule has 9 aromatic carbocycles. The highest BCUT2D eigenvalue weighted by atomic mass is 14.5. The minimum absolute atomic E-state index is 0.0249. The summed E-state index contributed by atoms with van der Waals surface area (Å²) >= 11 is 0. The Morgan fingerprint density at radius 2 is 0.796 bits per heavy atom. The highest BCUT2D eigenvalue weighted by molar-refractivity contribution is 6.24. The van der Waals surface area contributed by atoms with E-state index in [2.05, 4.69) is 198 Å². The van der Waals surface area contributed by atoms with Gasteiger partial charge in [0.05, 0.1) is 0 Å². The Labute approximate surface area is 317 Å². The molecule has 0 aromatic heterocycles. The average Bonchev–Trinajstić information content (AvgIpc) is 3.59. The van der Waals surface area contributed by atoms with E-state index < -0.39 is 0 Å². The van der Waals surface area contributed by atoms with E-state index in [-0.39, 0.29) is 10.8 Å². The minimum Gasteiger partial charge on any atom is -0.0622 e. The summed E-state index contributed by atoms with van der Waals surface area (Å²) in [5.41, 5.74) is 18.8. The van der Waals surface area contributed by atoms with Crippen LogP contribution in [0.15, 0.2) is 170 Å². The van der Waals surface area contributed by atoms with E-state index in [0.717, 1.165) is 0 Å². The Balaban J connectivity index is 1.16. The van der Waals surface area contributed by atoms with Gasteiger partial charge in [-0.25, -0.2) is 0 Å². The molecule has 0 radical (unpaired) electrons. The van der Waals surface area contributed by atoms with Gasteiger partial charge in [0, 0.05) is 10.8 Å². The van der Waals surface area contributed by atoms with Crippen LogP contribution in [0, 0.1) is 0 Å². The van der Waals surface area contributed by atoms with E-state index in [4.69, 9.17) is 0 Å². The number of hydrogen-bond donors (Lipinski definition) is 0. The van der Waals surface area contributed by atoms with Gasteiger partial charge >= 0.3 is 0 Å². The zero-order valence-corrected chi connectivity index (χ0v) is 31.2. The summed E-state index contributed by atoms with van der Waals surface area (Å²) < 4.78 is 0. The monoisotopic (exact) mass is 688 g/mol. The molecule has 0 heteroatoms. The second-order valence-corrected chi connectivity index (χ2v) is 16.4. The van der Waals surface area contributed by atoms with Crippen molar-refractivity contribution >= 4 is 32.3 Å². The van der Waals surface area contributed by atoms with Gasteiger partial charge in [-0.3, -0.25) is 0 Å². The molecule has 0 spiro atoms. The summed E-state index contributed by atoms with van der Waals surface area (Å²) in [4.78, 5) is 0. The molecule has 2 aliphatic rings. The van der Waals surface area contributed by atoms with Gasteiger partial charge < -0.3 is 0 Å².